The maximum Gasteiger partial charge on any atom is 0.262 e. The predicted octanol–water partition coefficient (Wildman–Crippen LogP) is 3.48. The SMILES string of the molecule is C=CCOc1cccc(C=CC(=O)c2ccc3c(c2)NC(=O)CO3)c1. The van der Waals surface area contributed by atoms with Gasteiger partial charge in [-0.05, 0) is 42.0 Å². The molecule has 0 aromatic heterocycles. The zero-order valence-electron chi connectivity index (χ0n) is 13.5. The smallest absolute Gasteiger partial charge is 0.262 e. The van der Waals surface area contributed by atoms with Gasteiger partial charge in [0, 0.05) is 5.56 Å². The molecule has 3 rings (SSSR count). The molecular weight excluding hydrogens is 318 g/mol. The molecule has 5 nitrogen and oxygen atoms in total. The summed E-state index contributed by atoms with van der Waals surface area (Å²) in [6.07, 6.45) is 4.88. The van der Waals surface area contributed by atoms with Crippen molar-refractivity contribution in [3.05, 3.63) is 72.3 Å². The Balaban J connectivity index is 1.74. The van der Waals surface area contributed by atoms with Crippen molar-refractivity contribution in [3.63, 3.8) is 0 Å². The summed E-state index contributed by atoms with van der Waals surface area (Å²) >= 11 is 0. The van der Waals surface area contributed by atoms with Crippen molar-refractivity contribution in [2.24, 2.45) is 0 Å². The van der Waals surface area contributed by atoms with Gasteiger partial charge in [0.1, 0.15) is 18.1 Å². The Kier molecular flexibility index (Phi) is 4.95. The maximum absolute atomic E-state index is 12.4. The Labute approximate surface area is 145 Å². The molecule has 0 spiro atoms. The number of ketones is 1. The molecule has 0 saturated heterocycles. The highest BCUT2D eigenvalue weighted by molar-refractivity contribution is 6.08. The third-order valence-corrected chi connectivity index (χ3v) is 3.55. The molecule has 2 aromatic rings. The van der Waals surface area contributed by atoms with Gasteiger partial charge in [0.25, 0.3) is 5.91 Å². The summed E-state index contributed by atoms with van der Waals surface area (Å²) in [6, 6.07) is 12.4. The first-order valence-corrected chi connectivity index (χ1v) is 7.78. The molecule has 5 heteroatoms. The normalized spacial score (nSPS) is 12.9. The topological polar surface area (TPSA) is 64.6 Å². The first-order chi connectivity index (χ1) is 12.2. The van der Waals surface area contributed by atoms with Crippen LogP contribution in [0.2, 0.25) is 0 Å². The lowest BCUT2D eigenvalue weighted by Gasteiger charge is -2.17. The largest absolute Gasteiger partial charge is 0.490 e. The van der Waals surface area contributed by atoms with Gasteiger partial charge in [-0.3, -0.25) is 9.59 Å². The quantitative estimate of drug-likeness (QED) is 0.499. The maximum atomic E-state index is 12.4. The molecule has 0 saturated carbocycles. The van der Waals surface area contributed by atoms with E-state index in [1.165, 1.54) is 6.08 Å². The summed E-state index contributed by atoms with van der Waals surface area (Å²) in [5, 5.41) is 2.69. The lowest BCUT2D eigenvalue weighted by Crippen LogP contribution is -2.25. The second-order valence-electron chi connectivity index (χ2n) is 5.42. The van der Waals surface area contributed by atoms with Gasteiger partial charge >= 0.3 is 0 Å². The summed E-state index contributed by atoms with van der Waals surface area (Å²) in [4.78, 5) is 23.7. The van der Waals surface area contributed by atoms with Gasteiger partial charge in [-0.25, -0.2) is 0 Å². The number of carbonyl (C=O) groups excluding carboxylic acids is 2. The average Bonchev–Trinajstić information content (AvgIpc) is 2.64. The van der Waals surface area contributed by atoms with Crippen LogP contribution in [0.4, 0.5) is 5.69 Å². The van der Waals surface area contributed by atoms with Crippen LogP contribution in [0.15, 0.2) is 61.2 Å². The minimum atomic E-state index is -0.232. The molecule has 1 amide bonds. The third-order valence-electron chi connectivity index (χ3n) is 3.55. The van der Waals surface area contributed by atoms with E-state index < -0.39 is 0 Å². The van der Waals surface area contributed by atoms with Crippen LogP contribution in [0, 0.1) is 0 Å². The first kappa shape index (κ1) is 16.5. The highest BCUT2D eigenvalue weighted by Crippen LogP contribution is 2.28. The Hall–Kier alpha value is -3.34. The number of anilines is 1. The molecule has 0 radical (unpaired) electrons. The van der Waals surface area contributed by atoms with Crippen molar-refractivity contribution in [3.8, 4) is 11.5 Å². The van der Waals surface area contributed by atoms with Crippen LogP contribution < -0.4 is 14.8 Å². The number of hydrogen-bond donors (Lipinski definition) is 1. The first-order valence-electron chi connectivity index (χ1n) is 7.78. The molecule has 0 unspecified atom stereocenters. The summed E-state index contributed by atoms with van der Waals surface area (Å²) in [7, 11) is 0. The minimum absolute atomic E-state index is 0.00946. The van der Waals surface area contributed by atoms with Crippen molar-refractivity contribution in [1.29, 1.82) is 0 Å². The van der Waals surface area contributed by atoms with E-state index in [-0.39, 0.29) is 18.3 Å². The zero-order chi connectivity index (χ0) is 17.6. The van der Waals surface area contributed by atoms with Gasteiger partial charge in [0.05, 0.1) is 5.69 Å². The van der Waals surface area contributed by atoms with Crippen LogP contribution in [0.3, 0.4) is 0 Å². The lowest BCUT2D eigenvalue weighted by atomic mass is 10.1. The van der Waals surface area contributed by atoms with E-state index in [2.05, 4.69) is 11.9 Å². The van der Waals surface area contributed by atoms with E-state index in [0.717, 1.165) is 5.56 Å². The lowest BCUT2D eigenvalue weighted by molar-refractivity contribution is -0.118. The summed E-state index contributed by atoms with van der Waals surface area (Å²) in [5.74, 6) is 0.874. The van der Waals surface area contributed by atoms with Crippen molar-refractivity contribution < 1.29 is 19.1 Å². The van der Waals surface area contributed by atoms with Gasteiger partial charge in [0.2, 0.25) is 0 Å². The monoisotopic (exact) mass is 335 g/mol. The number of carbonyl (C=O) groups is 2. The van der Waals surface area contributed by atoms with E-state index in [9.17, 15) is 9.59 Å². The molecule has 1 aliphatic heterocycles. The minimum Gasteiger partial charge on any atom is -0.490 e. The Morgan fingerprint density at radius 3 is 3.00 bits per heavy atom. The van der Waals surface area contributed by atoms with Crippen LogP contribution in [-0.4, -0.2) is 24.9 Å². The summed E-state index contributed by atoms with van der Waals surface area (Å²) < 4.78 is 10.8. The standard InChI is InChI=1S/C20H17NO4/c1-2-10-24-16-5-3-4-14(11-16)6-8-18(22)15-7-9-19-17(12-15)21-20(23)13-25-19/h2-9,11-12H,1,10,13H2,(H,21,23). The molecule has 1 N–H and O–H groups in total. The van der Waals surface area contributed by atoms with E-state index in [1.54, 1.807) is 30.4 Å². The average molecular weight is 335 g/mol. The van der Waals surface area contributed by atoms with Crippen molar-refractivity contribution in [1.82, 2.24) is 0 Å². The van der Waals surface area contributed by atoms with Crippen LogP contribution >= 0.6 is 0 Å². The number of allylic oxidation sites excluding steroid dienone is 1. The van der Waals surface area contributed by atoms with E-state index in [4.69, 9.17) is 9.47 Å². The van der Waals surface area contributed by atoms with Crippen LogP contribution in [-0.2, 0) is 4.79 Å². The molecule has 0 atom stereocenters. The summed E-state index contributed by atoms with van der Waals surface area (Å²) in [5.41, 5.74) is 1.83. The zero-order valence-corrected chi connectivity index (χ0v) is 13.5. The van der Waals surface area contributed by atoms with E-state index in [1.807, 2.05) is 24.3 Å². The number of benzene rings is 2. The van der Waals surface area contributed by atoms with Gasteiger partial charge in [0.15, 0.2) is 12.4 Å². The van der Waals surface area contributed by atoms with Gasteiger partial charge < -0.3 is 14.8 Å². The number of fused-ring (bicyclic) bond motifs is 1. The van der Waals surface area contributed by atoms with Gasteiger partial charge in [-0.2, -0.15) is 0 Å². The van der Waals surface area contributed by atoms with E-state index >= 15 is 0 Å². The molecule has 0 bridgehead atoms. The van der Waals surface area contributed by atoms with Crippen LogP contribution in [0.25, 0.3) is 6.08 Å². The predicted molar refractivity (Wildman–Crippen MR) is 96.1 cm³/mol. The molecular formula is C20H17NO4. The van der Waals surface area contributed by atoms with Crippen molar-refractivity contribution >= 4 is 23.5 Å². The summed E-state index contributed by atoms with van der Waals surface area (Å²) in [6.45, 7) is 4.02. The second kappa shape index (κ2) is 7.49. The second-order valence-corrected chi connectivity index (χ2v) is 5.42. The molecule has 0 aliphatic carbocycles. The molecule has 126 valence electrons. The number of hydrogen-bond acceptors (Lipinski definition) is 4. The van der Waals surface area contributed by atoms with Crippen LogP contribution in [0.1, 0.15) is 15.9 Å². The van der Waals surface area contributed by atoms with Gasteiger partial charge in [-0.1, -0.05) is 30.9 Å². The number of amides is 1. The van der Waals surface area contributed by atoms with Crippen molar-refractivity contribution in [2.45, 2.75) is 0 Å². The Bertz CT molecular complexity index is 855. The molecule has 2 aromatic carbocycles. The molecule has 0 fully saturated rings. The fraction of sp³-hybridized carbons (Fsp3) is 0.100. The fourth-order valence-electron chi connectivity index (χ4n) is 2.37. The number of ether oxygens (including phenoxy) is 2. The molecule has 1 aliphatic rings. The number of rotatable bonds is 6. The van der Waals surface area contributed by atoms with Gasteiger partial charge in [-0.15, -0.1) is 0 Å². The highest BCUT2D eigenvalue weighted by Gasteiger charge is 2.17. The molecule has 25 heavy (non-hydrogen) atoms. The Morgan fingerprint density at radius 1 is 1.28 bits per heavy atom. The third kappa shape index (κ3) is 4.14. The Morgan fingerprint density at radius 2 is 2.16 bits per heavy atom. The fourth-order valence-corrected chi connectivity index (χ4v) is 2.37. The van der Waals surface area contributed by atoms with Crippen LogP contribution in [0.5, 0.6) is 11.5 Å². The van der Waals surface area contributed by atoms with E-state index in [0.29, 0.717) is 29.4 Å². The highest BCUT2D eigenvalue weighted by atomic mass is 16.5. The molecule has 1 heterocycles. The number of nitrogens with one attached hydrogen (secondary N) is 1. The van der Waals surface area contributed by atoms with Crippen molar-refractivity contribution in [2.75, 3.05) is 18.5 Å².